The Bertz CT molecular complexity index is 5090. The molecule has 0 radical (unpaired) electrons. The molecule has 0 spiro atoms. The van der Waals surface area contributed by atoms with Crippen LogP contribution < -0.4 is 62.9 Å². The zero-order valence-corrected chi connectivity index (χ0v) is 66.3. The van der Waals surface area contributed by atoms with Crippen LogP contribution >= 0.6 is 34.8 Å². The number of fused-ring (bicyclic) bond motifs is 15. The molecule has 7 aliphatic rings. The van der Waals surface area contributed by atoms with E-state index in [1.165, 1.54) is 19.9 Å². The number of nitrogens with one attached hydrogen (secondary N) is 7. The van der Waals surface area contributed by atoms with Gasteiger partial charge in [-0.3, -0.25) is 33.6 Å². The Morgan fingerprint density at radius 3 is 1.86 bits per heavy atom. The number of amides is 7. The Balaban J connectivity index is 1.00. The van der Waals surface area contributed by atoms with Gasteiger partial charge in [0.15, 0.2) is 36.0 Å². The highest BCUT2D eigenvalue weighted by atomic mass is 35.5. The van der Waals surface area contributed by atoms with E-state index in [1.54, 1.807) is 38.1 Å². The first-order valence-electron chi connectivity index (χ1n) is 37.6. The molecule has 0 aliphatic carbocycles. The smallest absolute Gasteiger partial charge is 0.334 e. The zero-order chi connectivity index (χ0) is 86.8. The van der Waals surface area contributed by atoms with Gasteiger partial charge in [-0.1, -0.05) is 103 Å². The first-order chi connectivity index (χ1) is 56.9. The van der Waals surface area contributed by atoms with E-state index in [4.69, 9.17) is 79.4 Å². The number of halogens is 3. The highest BCUT2D eigenvalue weighted by Gasteiger charge is 2.53. The van der Waals surface area contributed by atoms with Crippen LogP contribution in [0.4, 0.5) is 0 Å². The summed E-state index contributed by atoms with van der Waals surface area (Å²) in [5.74, 6) is -18.2. The second-order valence-electron chi connectivity index (χ2n) is 30.1. The molecule has 36 nitrogen and oxygen atoms in total. The molecular formula is C81H86Cl3N9O27. The second-order valence-corrected chi connectivity index (χ2v) is 31.4. The number of aliphatic carboxylic acids is 2. The van der Waals surface area contributed by atoms with Crippen LogP contribution in [0.15, 0.2) is 127 Å². The van der Waals surface area contributed by atoms with Gasteiger partial charge in [-0.2, -0.15) is 0 Å². The molecule has 19 atom stereocenters. The van der Waals surface area contributed by atoms with Crippen LogP contribution in [0.1, 0.15) is 111 Å². The molecule has 7 amide bonds. The topological polar surface area (TPSA) is 577 Å². The Labute approximate surface area is 697 Å². The number of carbonyl (C=O) groups is 9. The number of hydrogen-bond acceptors (Lipinski definition) is 27. The van der Waals surface area contributed by atoms with Crippen molar-refractivity contribution < 1.29 is 132 Å². The maximum Gasteiger partial charge on any atom is 0.334 e. The van der Waals surface area contributed by atoms with Crippen molar-refractivity contribution in [1.82, 2.24) is 37.2 Å². The molecule has 7 aromatic carbocycles. The van der Waals surface area contributed by atoms with Crippen molar-refractivity contribution in [3.8, 4) is 68.2 Å². The van der Waals surface area contributed by atoms with Gasteiger partial charge in [0.2, 0.25) is 53.4 Å². The standard InChI is InChI=1S/C81H86Cl3N9O27/c1-32(2)19-47(85)72(104)92-63-65(99)38-12-17-51(45(83)21-38)116-53-23-40-24-54(69(53)120-80-70(68(102)67(101)56(30-94)118-80)119-58-28-81(4,71(103)33(3)115-58)87-29-55(78(110)111)114-31-34-5-7-35(8-6-34)36-9-14-41(82)15-10-36)117-52-18-13-39(22-46(52)84)66(100)64-77(109)91-62(79(112)113)44-25-42(95)26-50(97)59(44)43-20-37(11-16-49(43)96)60(74(106)93-64)90-75(107)61(40)89-73(105)48(27-57(86)98)88-76(63)108/h5-18,20-26,32-33,47-48,55-56,58,60-68,70-71,80,87,94-97,99-103H,19,27-31,85H2,1-4H3,(H2,86,98)(H,88,108)(H,89,105)(H,90,107)(H,91,109)(H,92,104)(H,93,106)(H,110,111)(H,112,113)/t33?,47-,48+,55?,56?,58?,60?,61-,62-,63?,64+,65-,66-,67?,68?,70?,71?,80?,81?/m1/s1. The summed E-state index contributed by atoms with van der Waals surface area (Å²) in [4.78, 5) is 130. The fraction of sp³-hybridized carbons (Fsp3) is 0.370. The molecule has 2 fully saturated rings. The molecule has 0 saturated carbocycles. The molecule has 7 aliphatic heterocycles. The lowest BCUT2D eigenvalue weighted by molar-refractivity contribution is -0.334. The molecule has 120 heavy (non-hydrogen) atoms. The molecule has 12 unspecified atom stereocenters. The average molecular weight is 1720 g/mol. The van der Waals surface area contributed by atoms with E-state index in [2.05, 4.69) is 37.2 Å². The van der Waals surface area contributed by atoms with E-state index < -0.39 is 267 Å². The lowest BCUT2D eigenvalue weighted by Gasteiger charge is -2.48. The average Bonchev–Trinajstić information content (AvgIpc) is 0.766. The van der Waals surface area contributed by atoms with Crippen LogP contribution in [0, 0.1) is 5.92 Å². The number of carbonyl (C=O) groups excluding carboxylic acids is 7. The normalized spacial score (nSPS) is 26.8. The molecule has 14 rings (SSSR count). The summed E-state index contributed by atoms with van der Waals surface area (Å²) in [6, 6.07) is 12.7. The van der Waals surface area contributed by atoms with E-state index >= 15 is 14.4 Å². The minimum absolute atomic E-state index is 0.0504. The number of aliphatic hydroxyl groups is 6. The Morgan fingerprint density at radius 2 is 1.26 bits per heavy atom. The van der Waals surface area contributed by atoms with Crippen LogP contribution in [0.25, 0.3) is 22.3 Å². The molecule has 7 aromatic rings. The van der Waals surface area contributed by atoms with Crippen molar-refractivity contribution >= 4 is 88.1 Å². The van der Waals surface area contributed by atoms with Gasteiger partial charge in [-0.25, -0.2) is 9.59 Å². The molecule has 22 N–H and O–H groups in total. The van der Waals surface area contributed by atoms with E-state index in [-0.39, 0.29) is 42.1 Å². The van der Waals surface area contributed by atoms with Crippen LogP contribution in [-0.4, -0.2) is 208 Å². The maximum atomic E-state index is 16.2. The number of ether oxygens (including phenoxy) is 7. The summed E-state index contributed by atoms with van der Waals surface area (Å²) < 4.78 is 45.1. The van der Waals surface area contributed by atoms with E-state index in [9.17, 15) is 84.9 Å². The van der Waals surface area contributed by atoms with Gasteiger partial charge in [-0.15, -0.1) is 0 Å². The number of aliphatic hydroxyl groups excluding tert-OH is 6. The SMILES string of the molecule is CC(C)C[C@@H](N)C(=O)NC1C(=O)N[C@@H](CC(N)=O)C(=O)N[C@H]2C(=O)NC3C(=O)N[C@H](C(=O)N[C@@H](C(=O)O)c4cc(O)cc(O)c4-c4cc3ccc4O)[C@H](O)c3ccc(c(Cl)c3)Oc3cc2cc(c3OC2OC(CO)C(O)C(O)C2OC2CC(C)(NCC(OCc3ccc(-c4ccc(Cl)cc4)cc3)C(=O)O)C(O)C(C)O2)Oc2ccc(cc2Cl)[C@H]1O. The van der Waals surface area contributed by atoms with E-state index in [0.29, 0.717) is 10.6 Å². The van der Waals surface area contributed by atoms with Crippen molar-refractivity contribution in [3.05, 3.63) is 176 Å². The van der Waals surface area contributed by atoms with Crippen LogP contribution in [-0.2, 0) is 68.7 Å². The number of nitrogens with two attached hydrogens (primary N) is 2. The van der Waals surface area contributed by atoms with Crippen molar-refractivity contribution in [1.29, 1.82) is 0 Å². The summed E-state index contributed by atoms with van der Waals surface area (Å²) >= 11 is 20.3. The fourth-order valence-electron chi connectivity index (χ4n) is 14.6. The molecule has 2 saturated heterocycles. The maximum absolute atomic E-state index is 16.2. The van der Waals surface area contributed by atoms with Gasteiger partial charge in [0.05, 0.1) is 47.9 Å². The van der Waals surface area contributed by atoms with Crippen molar-refractivity contribution in [2.45, 2.75) is 169 Å². The number of aromatic hydroxyl groups is 3. The second kappa shape index (κ2) is 36.9. The van der Waals surface area contributed by atoms with Crippen molar-refractivity contribution in [3.63, 3.8) is 0 Å². The summed E-state index contributed by atoms with van der Waals surface area (Å²) in [6.45, 7) is 4.84. The highest BCUT2D eigenvalue weighted by Crippen LogP contribution is 2.50. The van der Waals surface area contributed by atoms with Gasteiger partial charge >= 0.3 is 11.9 Å². The quantitative estimate of drug-likeness (QED) is 0.0519. The summed E-state index contributed by atoms with van der Waals surface area (Å²) in [7, 11) is 0. The van der Waals surface area contributed by atoms with Gasteiger partial charge < -0.3 is 138 Å². The molecule has 11 bridgehead atoms. The summed E-state index contributed by atoms with van der Waals surface area (Å²) in [5, 5.41) is 144. The Morgan fingerprint density at radius 1 is 0.658 bits per heavy atom. The van der Waals surface area contributed by atoms with Gasteiger partial charge in [0, 0.05) is 46.3 Å². The first kappa shape index (κ1) is 88.3. The van der Waals surface area contributed by atoms with E-state index in [1.807, 2.05) is 24.3 Å². The fourth-order valence-corrected chi connectivity index (χ4v) is 15.2. The minimum Gasteiger partial charge on any atom is -0.508 e. The minimum atomic E-state index is -2.41. The summed E-state index contributed by atoms with van der Waals surface area (Å²) in [5.41, 5.74) is 9.74. The molecule has 0 aromatic heterocycles. The van der Waals surface area contributed by atoms with Crippen LogP contribution in [0.2, 0.25) is 15.1 Å². The predicted molar refractivity (Wildman–Crippen MR) is 421 cm³/mol. The van der Waals surface area contributed by atoms with Gasteiger partial charge in [0.1, 0.15) is 89.5 Å². The number of carboxylic acids is 2. The lowest BCUT2D eigenvalue weighted by Crippen LogP contribution is -2.66. The number of rotatable bonds is 20. The summed E-state index contributed by atoms with van der Waals surface area (Å²) in [6.07, 6.45) is -21.7. The van der Waals surface area contributed by atoms with Crippen LogP contribution in [0.5, 0.6) is 46.0 Å². The number of hydrogen-bond donors (Lipinski definition) is 20. The van der Waals surface area contributed by atoms with Gasteiger partial charge in [-0.05, 0) is 132 Å². The van der Waals surface area contributed by atoms with Crippen molar-refractivity contribution in [2.75, 3.05) is 13.2 Å². The molecule has 39 heteroatoms. The third-order valence-electron chi connectivity index (χ3n) is 21.0. The third kappa shape index (κ3) is 19.5. The molecule has 638 valence electrons. The number of carboxylic acid groups (broad SMARTS) is 2. The predicted octanol–water partition coefficient (Wildman–Crippen LogP) is 3.47. The lowest BCUT2D eigenvalue weighted by atomic mass is 9.84. The largest absolute Gasteiger partial charge is 0.508 e. The van der Waals surface area contributed by atoms with Crippen molar-refractivity contribution in [2.24, 2.45) is 17.4 Å². The first-order valence-corrected chi connectivity index (χ1v) is 38.7. The number of primary amides is 1. The Kier molecular flexibility index (Phi) is 27.1. The monoisotopic (exact) mass is 1720 g/mol. The molecular weight excluding hydrogens is 1640 g/mol. The van der Waals surface area contributed by atoms with Crippen LogP contribution in [0.3, 0.4) is 0 Å². The number of phenols is 3. The number of phenolic OH excluding ortho intramolecular Hbond substituents is 3. The van der Waals surface area contributed by atoms with Gasteiger partial charge in [0.25, 0.3) is 0 Å². The van der Waals surface area contributed by atoms with E-state index in [0.717, 1.165) is 83.9 Å². The zero-order valence-electron chi connectivity index (χ0n) is 64.1. The highest BCUT2D eigenvalue weighted by molar-refractivity contribution is 6.32. The number of benzene rings is 7. The third-order valence-corrected chi connectivity index (χ3v) is 21.8. The molecule has 7 heterocycles. The Hall–Kier alpha value is -11.0.